The lowest BCUT2D eigenvalue weighted by Gasteiger charge is -2.56. The summed E-state index contributed by atoms with van der Waals surface area (Å²) in [5.41, 5.74) is 1.81. The summed E-state index contributed by atoms with van der Waals surface area (Å²) in [6.07, 6.45) is 8.01. The van der Waals surface area contributed by atoms with E-state index < -0.39 is 5.97 Å². The quantitative estimate of drug-likeness (QED) is 0.834. The minimum atomic E-state index is -0.436. The Hall–Kier alpha value is -1.84. The summed E-state index contributed by atoms with van der Waals surface area (Å²) in [6, 6.07) is 7.23. The third-order valence-corrected chi connectivity index (χ3v) is 6.41. The maximum Gasteiger partial charge on any atom is 0.338 e. The number of amides is 1. The van der Waals surface area contributed by atoms with E-state index in [1.165, 1.54) is 38.5 Å². The van der Waals surface area contributed by atoms with Crippen LogP contribution in [0.1, 0.15) is 54.4 Å². The van der Waals surface area contributed by atoms with Crippen LogP contribution in [0.15, 0.2) is 24.3 Å². The second-order valence-corrected chi connectivity index (χ2v) is 8.64. The second kappa shape index (κ2) is 6.47. The average molecular weight is 341 g/mol. The molecule has 4 saturated carbocycles. The zero-order valence-corrected chi connectivity index (χ0v) is 14.9. The fraction of sp³-hybridized carbons (Fsp3) is 0.619. The number of rotatable bonds is 5. The van der Waals surface area contributed by atoms with Gasteiger partial charge in [-0.15, -0.1) is 0 Å². The number of hydrogen-bond acceptors (Lipinski definition) is 3. The van der Waals surface area contributed by atoms with Crippen molar-refractivity contribution in [3.8, 4) is 0 Å². The molecule has 0 saturated heterocycles. The van der Waals surface area contributed by atoms with Crippen molar-refractivity contribution in [1.82, 2.24) is 5.32 Å². The van der Waals surface area contributed by atoms with Gasteiger partial charge < -0.3 is 10.1 Å². The molecule has 134 valence electrons. The van der Waals surface area contributed by atoms with Crippen molar-refractivity contribution in [3.05, 3.63) is 35.4 Å². The van der Waals surface area contributed by atoms with Gasteiger partial charge in [-0.1, -0.05) is 17.7 Å². The fourth-order valence-electron chi connectivity index (χ4n) is 5.83. The highest BCUT2D eigenvalue weighted by molar-refractivity contribution is 5.91. The van der Waals surface area contributed by atoms with Gasteiger partial charge in [0.1, 0.15) is 0 Å². The first kappa shape index (κ1) is 16.6. The first-order valence-electron chi connectivity index (χ1n) is 9.52. The Morgan fingerprint density at radius 1 is 1.12 bits per heavy atom. The Morgan fingerprint density at radius 3 is 2.36 bits per heavy atom. The smallest absolute Gasteiger partial charge is 0.338 e. The van der Waals surface area contributed by atoms with E-state index in [1.807, 2.05) is 19.1 Å². The van der Waals surface area contributed by atoms with Gasteiger partial charge in [0.05, 0.1) is 5.56 Å². The molecule has 0 aromatic heterocycles. The monoisotopic (exact) mass is 341 g/mol. The van der Waals surface area contributed by atoms with Gasteiger partial charge in [0.2, 0.25) is 0 Å². The highest BCUT2D eigenvalue weighted by Crippen LogP contribution is 2.59. The van der Waals surface area contributed by atoms with E-state index in [2.05, 4.69) is 5.32 Å². The molecule has 4 bridgehead atoms. The van der Waals surface area contributed by atoms with Crippen LogP contribution >= 0.6 is 0 Å². The van der Waals surface area contributed by atoms with Crippen molar-refractivity contribution in [1.29, 1.82) is 0 Å². The van der Waals surface area contributed by atoms with E-state index in [-0.39, 0.29) is 12.5 Å². The third kappa shape index (κ3) is 3.58. The molecule has 5 rings (SSSR count). The van der Waals surface area contributed by atoms with Crippen molar-refractivity contribution in [3.63, 3.8) is 0 Å². The first-order chi connectivity index (χ1) is 12.0. The predicted octanol–water partition coefficient (Wildman–Crippen LogP) is 3.48. The van der Waals surface area contributed by atoms with E-state index in [4.69, 9.17) is 4.74 Å². The maximum absolute atomic E-state index is 12.2. The van der Waals surface area contributed by atoms with Crippen molar-refractivity contribution in [2.45, 2.75) is 45.4 Å². The van der Waals surface area contributed by atoms with Crippen LogP contribution in [0.3, 0.4) is 0 Å². The van der Waals surface area contributed by atoms with E-state index >= 15 is 0 Å². The summed E-state index contributed by atoms with van der Waals surface area (Å²) in [5, 5.41) is 3.04. The van der Waals surface area contributed by atoms with Gasteiger partial charge in [0.25, 0.3) is 5.91 Å². The lowest BCUT2D eigenvalue weighted by Crippen LogP contribution is -2.51. The SMILES string of the molecule is Cc1cccc(C(=O)OCC(=O)NCC23CC4CC(CC(C4)C2)C3)c1. The topological polar surface area (TPSA) is 55.4 Å². The zero-order chi connectivity index (χ0) is 17.4. The van der Waals surface area contributed by atoms with Crippen LogP contribution in [-0.4, -0.2) is 25.0 Å². The lowest BCUT2D eigenvalue weighted by atomic mass is 9.49. The summed E-state index contributed by atoms with van der Waals surface area (Å²) in [4.78, 5) is 24.2. The number of ether oxygens (including phenoxy) is 1. The van der Waals surface area contributed by atoms with E-state index in [9.17, 15) is 9.59 Å². The average Bonchev–Trinajstić information content (AvgIpc) is 2.57. The molecule has 1 aromatic carbocycles. The van der Waals surface area contributed by atoms with Crippen LogP contribution in [-0.2, 0) is 9.53 Å². The highest BCUT2D eigenvalue weighted by atomic mass is 16.5. The number of nitrogens with one attached hydrogen (secondary N) is 1. The highest BCUT2D eigenvalue weighted by Gasteiger charge is 2.50. The molecular weight excluding hydrogens is 314 g/mol. The van der Waals surface area contributed by atoms with E-state index in [0.717, 1.165) is 29.9 Å². The van der Waals surface area contributed by atoms with Crippen LogP contribution in [0.5, 0.6) is 0 Å². The molecular formula is C21H27NO3. The maximum atomic E-state index is 12.2. The van der Waals surface area contributed by atoms with Gasteiger partial charge in [-0.25, -0.2) is 4.79 Å². The normalized spacial score (nSPS) is 32.4. The molecule has 4 aliphatic rings. The summed E-state index contributed by atoms with van der Waals surface area (Å²) < 4.78 is 5.17. The second-order valence-electron chi connectivity index (χ2n) is 8.64. The molecule has 0 unspecified atom stereocenters. The van der Waals surface area contributed by atoms with Crippen LogP contribution in [0.2, 0.25) is 0 Å². The third-order valence-electron chi connectivity index (χ3n) is 6.41. The van der Waals surface area contributed by atoms with Gasteiger partial charge in [0.15, 0.2) is 6.61 Å². The Labute approximate surface area is 149 Å². The molecule has 4 nitrogen and oxygen atoms in total. The van der Waals surface area contributed by atoms with Gasteiger partial charge in [-0.2, -0.15) is 0 Å². The molecule has 4 fully saturated rings. The van der Waals surface area contributed by atoms with Crippen LogP contribution in [0.25, 0.3) is 0 Å². The predicted molar refractivity (Wildman–Crippen MR) is 95.1 cm³/mol. The van der Waals surface area contributed by atoms with E-state index in [1.54, 1.807) is 12.1 Å². The van der Waals surface area contributed by atoms with E-state index in [0.29, 0.717) is 11.0 Å². The molecule has 1 N–H and O–H groups in total. The van der Waals surface area contributed by atoms with Gasteiger partial charge >= 0.3 is 5.97 Å². The first-order valence-corrected chi connectivity index (χ1v) is 9.52. The number of benzene rings is 1. The van der Waals surface area contributed by atoms with Crippen LogP contribution in [0.4, 0.5) is 0 Å². The summed E-state index contributed by atoms with van der Waals surface area (Å²) in [6.45, 7) is 2.48. The number of carbonyl (C=O) groups excluding carboxylic acids is 2. The standard InChI is InChI=1S/C21H27NO3/c1-14-3-2-4-18(5-14)20(24)25-12-19(23)22-13-21-9-15-6-16(10-21)8-17(7-15)11-21/h2-5,15-17H,6-13H2,1H3,(H,22,23). The Bertz CT molecular complexity index is 646. The molecule has 4 heteroatoms. The molecule has 0 atom stereocenters. The fourth-order valence-corrected chi connectivity index (χ4v) is 5.83. The number of carbonyl (C=O) groups is 2. The molecule has 0 radical (unpaired) electrons. The molecule has 1 aromatic rings. The van der Waals surface area contributed by atoms with Crippen molar-refractivity contribution in [2.75, 3.05) is 13.2 Å². The molecule has 0 aliphatic heterocycles. The van der Waals surface area contributed by atoms with Gasteiger partial charge in [-0.05, 0) is 80.8 Å². The van der Waals surface area contributed by atoms with Crippen molar-refractivity contribution >= 4 is 11.9 Å². The number of aryl methyl sites for hydroxylation is 1. The largest absolute Gasteiger partial charge is 0.452 e. The van der Waals surface area contributed by atoms with Gasteiger partial charge in [0, 0.05) is 6.54 Å². The van der Waals surface area contributed by atoms with Gasteiger partial charge in [-0.3, -0.25) is 4.79 Å². The molecule has 0 spiro atoms. The van der Waals surface area contributed by atoms with Crippen molar-refractivity contribution < 1.29 is 14.3 Å². The zero-order valence-electron chi connectivity index (χ0n) is 14.9. The Balaban J connectivity index is 1.26. The Morgan fingerprint density at radius 2 is 1.76 bits per heavy atom. The van der Waals surface area contributed by atoms with Crippen LogP contribution in [0, 0.1) is 30.1 Å². The Kier molecular flexibility index (Phi) is 4.30. The number of hydrogen-bond donors (Lipinski definition) is 1. The minimum absolute atomic E-state index is 0.184. The summed E-state index contributed by atoms with van der Waals surface area (Å²) in [5.74, 6) is 2.01. The minimum Gasteiger partial charge on any atom is -0.452 e. The molecule has 4 aliphatic carbocycles. The summed E-state index contributed by atoms with van der Waals surface area (Å²) in [7, 11) is 0. The molecule has 1 amide bonds. The molecule has 25 heavy (non-hydrogen) atoms. The van der Waals surface area contributed by atoms with Crippen molar-refractivity contribution in [2.24, 2.45) is 23.2 Å². The number of esters is 1. The molecule has 0 heterocycles. The lowest BCUT2D eigenvalue weighted by molar-refractivity contribution is -0.126. The van der Waals surface area contributed by atoms with Crippen LogP contribution < -0.4 is 5.32 Å². The summed E-state index contributed by atoms with van der Waals surface area (Å²) >= 11 is 0.